The van der Waals surface area contributed by atoms with E-state index in [1.165, 1.54) is 16.6 Å². The van der Waals surface area contributed by atoms with E-state index in [1.807, 2.05) is 0 Å². The number of nitrogens with zero attached hydrogens (tertiary/aromatic N) is 2. The van der Waals surface area contributed by atoms with Gasteiger partial charge < -0.3 is 23.0 Å². The molecule has 0 spiro atoms. The molecule has 76 heavy (non-hydrogen) atoms. The molecule has 13 aromatic rings. The second-order valence-corrected chi connectivity index (χ2v) is 22.8. The van der Waals surface area contributed by atoms with Gasteiger partial charge in [-0.3, -0.25) is 0 Å². The average Bonchev–Trinajstić information content (AvgIpc) is 4.28. The zero-order valence-electron chi connectivity index (χ0n) is 43.4. The van der Waals surface area contributed by atoms with Crippen molar-refractivity contribution in [2.75, 3.05) is 9.71 Å². The SMILES string of the molecule is CC(C)(C)c1ccc(N2B3c4cc5c(-c6ccccc6)oc(-c6ccccc6)c5cc4N(c4ccc(C(C)(C)C)cc4-c4ccccc4)c4cc5c(oc6ccccc65)c(c43)-c3cc4c(cc32)oc2ccccc24)cc1. The molecule has 3 aromatic heterocycles. The Labute approximate surface area is 442 Å². The summed E-state index contributed by atoms with van der Waals surface area (Å²) in [6.45, 7) is 13.4. The summed E-state index contributed by atoms with van der Waals surface area (Å²) >= 11 is 0. The van der Waals surface area contributed by atoms with Gasteiger partial charge in [-0.15, -0.1) is 0 Å². The van der Waals surface area contributed by atoms with Crippen LogP contribution in [0.3, 0.4) is 0 Å². The first-order chi connectivity index (χ1) is 37.0. The molecule has 5 heterocycles. The lowest BCUT2D eigenvalue weighted by atomic mass is 9.43. The Morgan fingerprint density at radius 1 is 0.368 bits per heavy atom. The molecule has 6 heteroatoms. The zero-order chi connectivity index (χ0) is 51.2. The molecule has 2 aliphatic heterocycles. The highest BCUT2D eigenvalue weighted by Crippen LogP contribution is 2.54. The highest BCUT2D eigenvalue weighted by atomic mass is 16.3. The summed E-state index contributed by atoms with van der Waals surface area (Å²) in [6, 6.07) is 77.3. The third-order valence-corrected chi connectivity index (χ3v) is 16.2. The van der Waals surface area contributed by atoms with Gasteiger partial charge >= 0.3 is 6.85 Å². The summed E-state index contributed by atoms with van der Waals surface area (Å²) in [5.41, 5.74) is 20.0. The maximum atomic E-state index is 7.26. The maximum absolute atomic E-state index is 7.26. The Balaban J connectivity index is 1.15. The van der Waals surface area contributed by atoms with E-state index in [9.17, 15) is 0 Å². The number of hydrogen-bond acceptors (Lipinski definition) is 5. The van der Waals surface area contributed by atoms with E-state index in [2.05, 4.69) is 264 Å². The van der Waals surface area contributed by atoms with Crippen molar-refractivity contribution in [3.05, 3.63) is 223 Å². The fraction of sp³-hybridized carbons (Fsp3) is 0.114. The molecule has 0 bridgehead atoms. The first kappa shape index (κ1) is 44.5. The second-order valence-electron chi connectivity index (χ2n) is 22.8. The van der Waals surface area contributed by atoms with Crippen molar-refractivity contribution < 1.29 is 13.3 Å². The summed E-state index contributed by atoms with van der Waals surface area (Å²) in [6.07, 6.45) is 0. The molecule has 0 radical (unpaired) electrons. The largest absolute Gasteiger partial charge is 0.456 e. The van der Waals surface area contributed by atoms with Gasteiger partial charge in [-0.25, -0.2) is 0 Å². The number of furan rings is 3. The van der Waals surface area contributed by atoms with Gasteiger partial charge in [0.1, 0.15) is 33.9 Å². The van der Waals surface area contributed by atoms with Gasteiger partial charge in [0, 0.05) is 89.0 Å². The Bertz CT molecular complexity index is 4480. The van der Waals surface area contributed by atoms with E-state index in [-0.39, 0.29) is 17.7 Å². The monoisotopic (exact) mass is 980 g/mol. The molecule has 364 valence electrons. The van der Waals surface area contributed by atoms with Gasteiger partial charge in [-0.1, -0.05) is 193 Å². The van der Waals surface area contributed by atoms with Gasteiger partial charge in [0.05, 0.1) is 5.69 Å². The minimum atomic E-state index is -0.346. The molecule has 0 aliphatic carbocycles. The minimum Gasteiger partial charge on any atom is -0.456 e. The van der Waals surface area contributed by atoms with Crippen molar-refractivity contribution in [2.45, 2.75) is 52.4 Å². The van der Waals surface area contributed by atoms with Crippen molar-refractivity contribution in [1.82, 2.24) is 0 Å². The average molecular weight is 981 g/mol. The number of fused-ring (bicyclic) bond motifs is 12. The molecule has 0 saturated carbocycles. The molecule has 0 saturated heterocycles. The highest BCUT2D eigenvalue weighted by Gasteiger charge is 2.48. The van der Waals surface area contributed by atoms with Crippen LogP contribution in [0.1, 0.15) is 52.7 Å². The standard InChI is InChI=1S/C70H53BN2O3/c1-69(2,3)45-30-33-47(34-31-45)73-58-41-63-51(48-26-16-18-28-61(48)74-63)37-55(58)64-65-60(40-53-49-27-17-19-29-62(49)75-68(53)64)72(57-35-32-46(70(4,5)6)36-50(57)42-20-10-7-11-21-42)59-39-54-52(38-56(59)71(65)73)66(43-22-12-8-13-23-43)76-67(54)44-24-14-9-15-25-44/h7-41H,1-6H3. The molecule has 10 aromatic carbocycles. The van der Waals surface area contributed by atoms with Crippen molar-refractivity contribution >= 4 is 101 Å². The first-order valence-corrected chi connectivity index (χ1v) is 26.5. The number of benzene rings is 10. The first-order valence-electron chi connectivity index (χ1n) is 26.5. The van der Waals surface area contributed by atoms with E-state index in [0.717, 1.165) is 133 Å². The summed E-state index contributed by atoms with van der Waals surface area (Å²) < 4.78 is 21.3. The number of rotatable bonds is 5. The molecule has 5 nitrogen and oxygen atoms in total. The summed E-state index contributed by atoms with van der Waals surface area (Å²) in [4.78, 5) is 5.15. The predicted octanol–water partition coefficient (Wildman–Crippen LogP) is 18.5. The Kier molecular flexibility index (Phi) is 9.51. The fourth-order valence-corrected chi connectivity index (χ4v) is 12.4. The van der Waals surface area contributed by atoms with Gasteiger partial charge in [0.15, 0.2) is 0 Å². The normalized spacial score (nSPS) is 13.3. The Morgan fingerprint density at radius 3 is 1.57 bits per heavy atom. The van der Waals surface area contributed by atoms with Crippen LogP contribution in [0.15, 0.2) is 226 Å². The molecular weight excluding hydrogens is 928 g/mol. The highest BCUT2D eigenvalue weighted by molar-refractivity contribution is 6.94. The molecule has 0 unspecified atom stereocenters. The van der Waals surface area contributed by atoms with Crippen LogP contribution >= 0.6 is 0 Å². The lowest BCUT2D eigenvalue weighted by Crippen LogP contribution is -2.61. The Hall–Kier alpha value is -9.00. The third-order valence-electron chi connectivity index (χ3n) is 16.2. The second kappa shape index (κ2) is 16.3. The number of hydrogen-bond donors (Lipinski definition) is 0. The summed E-state index contributed by atoms with van der Waals surface area (Å²) in [7, 11) is 0. The van der Waals surface area contributed by atoms with Crippen LogP contribution in [-0.2, 0) is 10.8 Å². The molecule has 0 N–H and O–H groups in total. The summed E-state index contributed by atoms with van der Waals surface area (Å²) in [5, 5.41) is 6.38. The third kappa shape index (κ3) is 6.66. The van der Waals surface area contributed by atoms with Gasteiger partial charge in [-0.2, -0.15) is 0 Å². The van der Waals surface area contributed by atoms with Crippen LogP contribution in [-0.4, -0.2) is 6.85 Å². The van der Waals surface area contributed by atoms with E-state index in [0.29, 0.717) is 0 Å². The van der Waals surface area contributed by atoms with Crippen molar-refractivity contribution in [2.24, 2.45) is 0 Å². The predicted molar refractivity (Wildman–Crippen MR) is 318 cm³/mol. The van der Waals surface area contributed by atoms with Gasteiger partial charge in [0.25, 0.3) is 0 Å². The number of anilines is 5. The van der Waals surface area contributed by atoms with Crippen LogP contribution in [0.4, 0.5) is 28.4 Å². The van der Waals surface area contributed by atoms with Crippen molar-refractivity contribution in [3.8, 4) is 44.9 Å². The van der Waals surface area contributed by atoms with Crippen LogP contribution in [0.5, 0.6) is 0 Å². The van der Waals surface area contributed by atoms with Crippen LogP contribution in [0, 0.1) is 0 Å². The number of para-hydroxylation sites is 2. The molecular formula is C70H53BN2O3. The van der Waals surface area contributed by atoms with Crippen molar-refractivity contribution in [1.29, 1.82) is 0 Å². The van der Waals surface area contributed by atoms with Crippen LogP contribution in [0.2, 0.25) is 0 Å². The minimum absolute atomic E-state index is 0.0421. The van der Waals surface area contributed by atoms with E-state index < -0.39 is 0 Å². The van der Waals surface area contributed by atoms with Gasteiger partial charge in [-0.05, 0) is 93.0 Å². The fourth-order valence-electron chi connectivity index (χ4n) is 12.4. The summed E-state index contributed by atoms with van der Waals surface area (Å²) in [5.74, 6) is 1.67. The van der Waals surface area contributed by atoms with Gasteiger partial charge in [0.2, 0.25) is 0 Å². The smallest absolute Gasteiger partial charge is 0.333 e. The Morgan fingerprint density at radius 2 is 0.921 bits per heavy atom. The van der Waals surface area contributed by atoms with Crippen molar-refractivity contribution in [3.63, 3.8) is 0 Å². The molecule has 2 aliphatic rings. The maximum Gasteiger partial charge on any atom is 0.333 e. The van der Waals surface area contributed by atoms with E-state index in [4.69, 9.17) is 13.3 Å². The van der Waals surface area contributed by atoms with E-state index in [1.54, 1.807) is 0 Å². The lowest BCUT2D eigenvalue weighted by Gasteiger charge is -2.46. The quantitative estimate of drug-likeness (QED) is 0.161. The molecule has 0 atom stereocenters. The lowest BCUT2D eigenvalue weighted by molar-refractivity contribution is 0.590. The van der Waals surface area contributed by atoms with Crippen LogP contribution < -0.4 is 20.6 Å². The molecule has 0 fully saturated rings. The zero-order valence-corrected chi connectivity index (χ0v) is 43.4. The molecule has 0 amide bonds. The van der Waals surface area contributed by atoms with E-state index >= 15 is 0 Å². The topological polar surface area (TPSA) is 45.9 Å². The van der Waals surface area contributed by atoms with Crippen LogP contribution in [0.25, 0.3) is 99.6 Å². The molecule has 15 rings (SSSR count).